The number of carbonyl (C=O) groups excluding carboxylic acids is 7. The van der Waals surface area contributed by atoms with Crippen LogP contribution in [0.1, 0.15) is 86.1 Å². The molecule has 0 spiro atoms. The number of hydrogen-bond acceptors (Lipinski definition) is 14. The van der Waals surface area contributed by atoms with Crippen LogP contribution >= 0.6 is 11.8 Å². The third-order valence-corrected chi connectivity index (χ3v) is 14.1. The average molecular weight is 1120 g/mol. The fourth-order valence-electron chi connectivity index (χ4n) is 8.11. The van der Waals surface area contributed by atoms with E-state index in [0.717, 1.165) is 22.2 Å². The highest BCUT2D eigenvalue weighted by Crippen LogP contribution is 2.19. The van der Waals surface area contributed by atoms with E-state index in [0.29, 0.717) is 12.0 Å². The molecule has 1 aliphatic rings. The van der Waals surface area contributed by atoms with Gasteiger partial charge in [-0.2, -0.15) is 11.8 Å². The number of rotatable bonds is 20. The zero-order valence-corrected chi connectivity index (χ0v) is 46.7. The van der Waals surface area contributed by atoms with E-state index in [2.05, 4.69) is 36.9 Å². The van der Waals surface area contributed by atoms with Crippen molar-refractivity contribution in [2.75, 3.05) is 32.2 Å². The van der Waals surface area contributed by atoms with Gasteiger partial charge in [-0.15, -0.1) is 0 Å². The molecule has 0 aromatic heterocycles. The van der Waals surface area contributed by atoms with E-state index >= 15 is 0 Å². The zero-order valence-electron chi connectivity index (χ0n) is 45.9. The Kier molecular flexibility index (Phi) is 28.6. The van der Waals surface area contributed by atoms with Gasteiger partial charge in [-0.1, -0.05) is 88.8 Å². The Bertz CT molecular complexity index is 2330. The molecular formula is C52H81N11O14S. The van der Waals surface area contributed by atoms with Gasteiger partial charge < -0.3 is 74.1 Å². The molecule has 434 valence electrons. The number of guanidine groups is 1. The normalized spacial score (nSPS) is 25.4. The molecule has 2 rings (SSSR count). The van der Waals surface area contributed by atoms with E-state index in [1.165, 1.54) is 33.9 Å². The average Bonchev–Trinajstić information content (AvgIpc) is 3.37. The largest absolute Gasteiger partial charge is 0.480 e. The van der Waals surface area contributed by atoms with Gasteiger partial charge in [0.2, 0.25) is 41.4 Å². The molecule has 1 aromatic rings. The molecule has 0 saturated carbocycles. The maximum Gasteiger partial charge on any atom is 0.327 e. The van der Waals surface area contributed by atoms with E-state index in [9.17, 15) is 63.3 Å². The summed E-state index contributed by atoms with van der Waals surface area (Å²) in [6.45, 7) is 11.1. The summed E-state index contributed by atoms with van der Waals surface area (Å²) in [7, 11) is 2.84. The second kappa shape index (κ2) is 33.3. The number of carbonyl (C=O) groups is 10. The van der Waals surface area contributed by atoms with Crippen molar-refractivity contribution in [3.63, 3.8) is 0 Å². The van der Waals surface area contributed by atoms with Crippen LogP contribution in [-0.4, -0.2) is 172 Å². The number of thioether (sulfide) groups is 1. The number of likely N-dealkylation sites (N-methyl/N-ethyl adjacent to an activating group) is 1. The maximum absolute atomic E-state index is 14.5. The van der Waals surface area contributed by atoms with Crippen molar-refractivity contribution >= 4 is 77.0 Å². The summed E-state index contributed by atoms with van der Waals surface area (Å²) in [6, 6.07) is -2.12. The number of nitrogens with two attached hydrogens (primary N) is 3. The van der Waals surface area contributed by atoms with Crippen LogP contribution in [0.2, 0.25) is 0 Å². The van der Waals surface area contributed by atoms with Crippen LogP contribution in [0.3, 0.4) is 0 Å². The molecule has 0 radical (unpaired) electrons. The fourth-order valence-corrected chi connectivity index (χ4v) is 9.24. The lowest BCUT2D eigenvalue weighted by Crippen LogP contribution is -2.59. The molecule has 1 heterocycles. The minimum atomic E-state index is -1.93. The second-order valence-corrected chi connectivity index (χ2v) is 21.0. The van der Waals surface area contributed by atoms with Crippen LogP contribution in [0, 0.1) is 23.7 Å². The zero-order chi connectivity index (χ0) is 59.0. The molecule has 1 aromatic carbocycles. The summed E-state index contributed by atoms with van der Waals surface area (Å²) in [5.74, 6) is -14.7. The van der Waals surface area contributed by atoms with Crippen LogP contribution in [0.15, 0.2) is 59.1 Å². The van der Waals surface area contributed by atoms with Gasteiger partial charge in [-0.25, -0.2) is 9.59 Å². The Morgan fingerprint density at radius 2 is 1.44 bits per heavy atom. The van der Waals surface area contributed by atoms with Crippen LogP contribution in [0.4, 0.5) is 0 Å². The van der Waals surface area contributed by atoms with Crippen molar-refractivity contribution in [3.05, 3.63) is 59.7 Å². The van der Waals surface area contributed by atoms with Crippen molar-refractivity contribution in [3.8, 4) is 0 Å². The lowest BCUT2D eigenvalue weighted by molar-refractivity contribution is -0.146. The van der Waals surface area contributed by atoms with Gasteiger partial charge in [0.1, 0.15) is 42.3 Å². The number of benzene rings is 1. The van der Waals surface area contributed by atoms with E-state index in [4.69, 9.17) is 21.9 Å². The van der Waals surface area contributed by atoms with Crippen molar-refractivity contribution in [1.82, 2.24) is 36.8 Å². The van der Waals surface area contributed by atoms with Gasteiger partial charge in [0.25, 0.3) is 0 Å². The van der Waals surface area contributed by atoms with Crippen LogP contribution < -0.4 is 49.1 Å². The number of carboxylic acids is 3. The SMILES string of the molecule is CO[C@@H](Cc1ccccc1)[C@@H](C)/C=C(C)/C=C/C1NC(=O)[C@H](CCCN=C(N)N)NC(=O)[C@@H](C)C(C(=O)O)NC(=O)[C@H](CC(C)C)NC(=O)[C@@H](C)NC(=O)[C@H](CSC[C@H](N)C(=O)O)N(C)C(=O)CC[C@H](C(=O)O)NC(=O)[C@H]1C. The van der Waals surface area contributed by atoms with Crippen molar-refractivity contribution in [2.24, 2.45) is 45.9 Å². The predicted octanol–water partition coefficient (Wildman–Crippen LogP) is -0.382. The quantitative estimate of drug-likeness (QED) is 0.0343. The van der Waals surface area contributed by atoms with Crippen LogP contribution in [-0.2, 0) is 59.1 Å². The summed E-state index contributed by atoms with van der Waals surface area (Å²) in [4.78, 5) is 140. The number of amides is 7. The Morgan fingerprint density at radius 1 is 0.821 bits per heavy atom. The van der Waals surface area contributed by atoms with E-state index in [1.807, 2.05) is 43.3 Å². The third kappa shape index (κ3) is 22.9. The number of aliphatic imine (C=N–C) groups is 1. The second-order valence-electron chi connectivity index (χ2n) is 19.9. The topological polar surface area (TPSA) is 406 Å². The smallest absolute Gasteiger partial charge is 0.327 e. The number of hydrogen-bond donors (Lipinski definition) is 12. The number of carboxylic acid groups (broad SMARTS) is 3. The van der Waals surface area contributed by atoms with E-state index in [-0.39, 0.29) is 61.2 Å². The third-order valence-electron chi connectivity index (χ3n) is 13.0. The fraction of sp³-hybridized carbons (Fsp3) is 0.596. The molecular weight excluding hydrogens is 1030 g/mol. The summed E-state index contributed by atoms with van der Waals surface area (Å²) in [5.41, 5.74) is 18.5. The minimum absolute atomic E-state index is 0.00362. The number of methoxy groups -OCH3 is 1. The number of ether oxygens (including phenoxy) is 1. The number of nitrogens with zero attached hydrogens (tertiary/aromatic N) is 2. The van der Waals surface area contributed by atoms with Gasteiger partial charge in [-0.3, -0.25) is 43.3 Å². The highest BCUT2D eigenvalue weighted by atomic mass is 32.2. The summed E-state index contributed by atoms with van der Waals surface area (Å²) >= 11 is 0.909. The lowest BCUT2D eigenvalue weighted by Gasteiger charge is -2.30. The molecule has 15 N–H and O–H groups in total. The van der Waals surface area contributed by atoms with Crippen LogP contribution in [0.25, 0.3) is 0 Å². The van der Waals surface area contributed by atoms with Crippen molar-refractivity contribution in [2.45, 2.75) is 141 Å². The lowest BCUT2D eigenvalue weighted by atomic mass is 9.94. The molecule has 7 amide bonds. The summed E-state index contributed by atoms with van der Waals surface area (Å²) in [6.07, 6.45) is 4.34. The molecule has 0 bridgehead atoms. The molecule has 12 atom stereocenters. The van der Waals surface area contributed by atoms with Gasteiger partial charge in [0.05, 0.1) is 24.0 Å². The Morgan fingerprint density at radius 3 is 2.01 bits per heavy atom. The molecule has 1 saturated heterocycles. The van der Waals surface area contributed by atoms with E-state index < -0.39 is 132 Å². The first-order valence-corrected chi connectivity index (χ1v) is 26.8. The van der Waals surface area contributed by atoms with Crippen molar-refractivity contribution in [1.29, 1.82) is 0 Å². The highest BCUT2D eigenvalue weighted by Gasteiger charge is 2.38. The monoisotopic (exact) mass is 1120 g/mol. The number of allylic oxidation sites excluding steroid dienone is 2. The minimum Gasteiger partial charge on any atom is -0.480 e. The highest BCUT2D eigenvalue weighted by molar-refractivity contribution is 7.99. The van der Waals surface area contributed by atoms with Gasteiger partial charge in [0, 0.05) is 44.5 Å². The van der Waals surface area contributed by atoms with Gasteiger partial charge in [0.15, 0.2) is 5.96 Å². The molecule has 0 aliphatic carbocycles. The number of nitrogens with one attached hydrogen (secondary N) is 6. The van der Waals surface area contributed by atoms with Crippen LogP contribution in [0.5, 0.6) is 0 Å². The molecule has 26 heteroatoms. The summed E-state index contributed by atoms with van der Waals surface area (Å²) in [5, 5.41) is 45.2. The molecule has 78 heavy (non-hydrogen) atoms. The molecule has 25 nitrogen and oxygen atoms in total. The first-order valence-electron chi connectivity index (χ1n) is 25.7. The van der Waals surface area contributed by atoms with Crippen molar-refractivity contribution < 1.29 is 68.0 Å². The molecule has 2 unspecified atom stereocenters. The van der Waals surface area contributed by atoms with Gasteiger partial charge >= 0.3 is 17.9 Å². The first-order chi connectivity index (χ1) is 36.6. The molecule has 1 fully saturated rings. The standard InChI is InChI=1S/C52H81N11O14S/c1-27(2)22-38-47(69)62-42(51(75)76)31(6)44(66)59-36(16-13-21-56-52(54)55)46(68)58-35(18-17-28(3)23-29(4)40(77-9)24-33-14-11-10-12-15-33)30(5)43(65)60-37(50(73)74)19-20-41(64)63(8)39(26-78-25-34(53)49(71)72)48(70)57-32(7)45(67)61-38/h10-12,14-15,17-18,23,27,29-32,34-40,42H,13,16,19-22,24-26,53H2,1-9H3,(H,57,70)(H,58,68)(H,59,66)(H,60,65)(H,61,67)(H,62,69)(H,71,72)(H,73,74)(H,75,76)(H4,54,55,56)/b18-17+,28-23+/t29-,30-,31-,32+,34-,35?,36-,37+,38-,39-,40-,42?/m0/s1. The predicted molar refractivity (Wildman–Crippen MR) is 292 cm³/mol. The Balaban J connectivity index is 2.80. The molecule has 1 aliphatic heterocycles. The maximum atomic E-state index is 14.5. The first kappa shape index (κ1) is 67.1. The number of aliphatic carboxylic acids is 3. The summed E-state index contributed by atoms with van der Waals surface area (Å²) < 4.78 is 5.82. The Hall–Kier alpha value is -7.06. The Labute approximate surface area is 459 Å². The van der Waals surface area contributed by atoms with E-state index in [1.54, 1.807) is 34.0 Å². The van der Waals surface area contributed by atoms with Gasteiger partial charge in [-0.05, 0) is 57.4 Å².